The molecule has 0 aliphatic rings. The second-order valence-corrected chi connectivity index (χ2v) is 6.76. The quantitative estimate of drug-likeness (QED) is 0.304. The monoisotopic (exact) mass is 419 g/mol. The summed E-state index contributed by atoms with van der Waals surface area (Å²) in [5.41, 5.74) is 4.28. The van der Waals surface area contributed by atoms with Crippen LogP contribution in [0.15, 0.2) is 42.6 Å². The van der Waals surface area contributed by atoms with Gasteiger partial charge in [-0.3, -0.25) is 0 Å². The van der Waals surface area contributed by atoms with Gasteiger partial charge in [-0.15, -0.1) is 5.10 Å². The number of rotatable bonds is 5. The normalized spacial score (nSPS) is 10.6. The molecule has 8 nitrogen and oxygen atoms in total. The zero-order chi connectivity index (χ0) is 18.9. The third-order valence-electron chi connectivity index (χ3n) is 3.99. The first-order valence-electron chi connectivity index (χ1n) is 7.67. The Kier molecular flexibility index (Phi) is 9.41. The summed E-state index contributed by atoms with van der Waals surface area (Å²) in [7, 11) is -3.47. The van der Waals surface area contributed by atoms with Crippen LogP contribution in [0.3, 0.4) is 0 Å². The van der Waals surface area contributed by atoms with Crippen LogP contribution in [0, 0.1) is 13.8 Å². The molecule has 0 aliphatic heterocycles. The van der Waals surface area contributed by atoms with Crippen molar-refractivity contribution in [3.8, 4) is 28.4 Å². The van der Waals surface area contributed by atoms with E-state index in [-0.39, 0.29) is 64.9 Å². The standard InChI is InChI=1S/C17H18N3O5P.2Na/c1-11-8-14(9-17(24-3)12(11)2)20-16(10-18-19-20)13-4-6-15(7-5-13)25-26(21,22)23;;/h4-10H,1-3H3,(H2,21,22,23);;/q;2*+1/p-2. The van der Waals surface area contributed by atoms with E-state index in [1.54, 1.807) is 30.1 Å². The molecular weight excluding hydrogens is 403 g/mol. The predicted molar refractivity (Wildman–Crippen MR) is 91.1 cm³/mol. The first kappa shape index (κ1) is 25.4. The molecule has 3 aromatic rings. The molecule has 1 aromatic heterocycles. The third kappa shape index (κ3) is 5.92. The SMILES string of the molecule is COc1cc(-n2nncc2-c2ccc(OP(=O)([O-])[O-])cc2)cc(C)c1C.[Na+].[Na+]. The van der Waals surface area contributed by atoms with Gasteiger partial charge in [0.2, 0.25) is 0 Å². The van der Waals surface area contributed by atoms with Crippen LogP contribution < -0.4 is 78.2 Å². The van der Waals surface area contributed by atoms with Crippen molar-refractivity contribution in [3.63, 3.8) is 0 Å². The number of benzene rings is 2. The topological polar surface area (TPSA) is 112 Å². The first-order valence-corrected chi connectivity index (χ1v) is 9.13. The van der Waals surface area contributed by atoms with E-state index in [2.05, 4.69) is 14.8 Å². The molecule has 0 saturated heterocycles. The molecule has 0 amide bonds. The van der Waals surface area contributed by atoms with Crippen LogP contribution in [0.1, 0.15) is 11.1 Å². The van der Waals surface area contributed by atoms with E-state index in [1.165, 1.54) is 12.1 Å². The van der Waals surface area contributed by atoms with Crippen molar-refractivity contribution in [2.45, 2.75) is 13.8 Å². The molecule has 0 atom stereocenters. The second-order valence-electron chi connectivity index (χ2n) is 5.68. The third-order valence-corrected chi connectivity index (χ3v) is 4.42. The van der Waals surface area contributed by atoms with E-state index >= 15 is 0 Å². The molecule has 0 bridgehead atoms. The number of hydrogen-bond donors (Lipinski definition) is 0. The van der Waals surface area contributed by atoms with Crippen molar-refractivity contribution in [3.05, 3.63) is 53.7 Å². The molecule has 136 valence electrons. The molecule has 0 fully saturated rings. The minimum absolute atomic E-state index is 0. The van der Waals surface area contributed by atoms with E-state index in [4.69, 9.17) is 4.74 Å². The Morgan fingerprint density at radius 1 is 1.07 bits per heavy atom. The average molecular weight is 419 g/mol. The van der Waals surface area contributed by atoms with Crippen LogP contribution in [0.25, 0.3) is 16.9 Å². The Balaban J connectivity index is 0.00000196. The van der Waals surface area contributed by atoms with Gasteiger partial charge in [0.05, 0.1) is 24.7 Å². The molecule has 3 rings (SSSR count). The fraction of sp³-hybridized carbons (Fsp3) is 0.176. The van der Waals surface area contributed by atoms with Gasteiger partial charge in [-0.25, -0.2) is 4.68 Å². The van der Waals surface area contributed by atoms with Crippen LogP contribution in [0.5, 0.6) is 11.5 Å². The smallest absolute Gasteiger partial charge is 0.780 e. The van der Waals surface area contributed by atoms with Gasteiger partial charge < -0.3 is 23.6 Å². The van der Waals surface area contributed by atoms with Crippen molar-refractivity contribution < 1.29 is 82.7 Å². The predicted octanol–water partition coefficient (Wildman–Crippen LogP) is -4.22. The van der Waals surface area contributed by atoms with Gasteiger partial charge in [0, 0.05) is 11.6 Å². The van der Waals surface area contributed by atoms with Crippen LogP contribution in [0.4, 0.5) is 0 Å². The zero-order valence-corrected chi connectivity index (χ0v) is 21.3. The number of ether oxygens (including phenoxy) is 1. The van der Waals surface area contributed by atoms with E-state index in [0.717, 1.165) is 28.1 Å². The maximum atomic E-state index is 10.7. The van der Waals surface area contributed by atoms with E-state index < -0.39 is 7.82 Å². The summed E-state index contributed by atoms with van der Waals surface area (Å²) in [6, 6.07) is 9.88. The molecule has 0 saturated carbocycles. The Hall–Kier alpha value is -0.670. The molecule has 0 aliphatic carbocycles. The Bertz CT molecular complexity index is 989. The summed E-state index contributed by atoms with van der Waals surface area (Å²) >= 11 is 0. The number of phosphoric acid groups is 1. The second kappa shape index (κ2) is 10.4. The maximum Gasteiger partial charge on any atom is 1.00 e. The van der Waals surface area contributed by atoms with Crippen molar-refractivity contribution in [1.29, 1.82) is 0 Å². The largest absolute Gasteiger partial charge is 1.00 e. The number of aryl methyl sites for hydroxylation is 1. The van der Waals surface area contributed by atoms with Crippen LogP contribution >= 0.6 is 7.82 Å². The fourth-order valence-electron chi connectivity index (χ4n) is 2.58. The van der Waals surface area contributed by atoms with Crippen LogP contribution in [0.2, 0.25) is 0 Å². The maximum absolute atomic E-state index is 10.7. The molecule has 0 unspecified atom stereocenters. The molecular formula is C17H16N3Na2O5P. The number of hydrogen-bond acceptors (Lipinski definition) is 7. The molecule has 0 radical (unpaired) electrons. The minimum atomic E-state index is -5.08. The number of nitrogens with zero attached hydrogens (tertiary/aromatic N) is 3. The number of aromatic nitrogens is 3. The first-order chi connectivity index (χ1) is 12.3. The summed E-state index contributed by atoms with van der Waals surface area (Å²) in [5, 5.41) is 8.09. The molecule has 11 heteroatoms. The fourth-order valence-corrected chi connectivity index (χ4v) is 2.96. The Labute approximate surface area is 207 Å². The minimum Gasteiger partial charge on any atom is -0.780 e. The van der Waals surface area contributed by atoms with Crippen molar-refractivity contribution in [2.75, 3.05) is 7.11 Å². The Morgan fingerprint density at radius 3 is 2.29 bits per heavy atom. The van der Waals surface area contributed by atoms with E-state index in [0.29, 0.717) is 5.69 Å². The average Bonchev–Trinajstić information content (AvgIpc) is 3.06. The number of phosphoric ester groups is 1. The molecule has 1 heterocycles. The van der Waals surface area contributed by atoms with Gasteiger partial charge in [0.1, 0.15) is 19.3 Å². The summed E-state index contributed by atoms with van der Waals surface area (Å²) in [4.78, 5) is 21.4. The van der Waals surface area contributed by atoms with Crippen LogP contribution in [-0.2, 0) is 4.57 Å². The summed E-state index contributed by atoms with van der Waals surface area (Å²) in [6.45, 7) is 3.96. The van der Waals surface area contributed by atoms with Crippen molar-refractivity contribution in [2.24, 2.45) is 0 Å². The molecule has 28 heavy (non-hydrogen) atoms. The van der Waals surface area contributed by atoms with Gasteiger partial charge in [-0.1, -0.05) is 5.21 Å². The van der Waals surface area contributed by atoms with Gasteiger partial charge in [0.15, 0.2) is 0 Å². The van der Waals surface area contributed by atoms with Crippen molar-refractivity contribution >= 4 is 7.82 Å². The summed E-state index contributed by atoms with van der Waals surface area (Å²) in [6.07, 6.45) is 1.59. The van der Waals surface area contributed by atoms with E-state index in [9.17, 15) is 14.4 Å². The van der Waals surface area contributed by atoms with Gasteiger partial charge in [-0.05, 0) is 55.3 Å². The summed E-state index contributed by atoms with van der Waals surface area (Å²) < 4.78 is 22.1. The van der Waals surface area contributed by atoms with Gasteiger partial charge >= 0.3 is 59.1 Å². The number of methoxy groups -OCH3 is 1. The van der Waals surface area contributed by atoms with Gasteiger partial charge in [-0.2, -0.15) is 0 Å². The summed E-state index contributed by atoms with van der Waals surface area (Å²) in [5.74, 6) is 0.695. The molecule has 0 N–H and O–H groups in total. The molecule has 2 aromatic carbocycles. The zero-order valence-electron chi connectivity index (χ0n) is 16.4. The van der Waals surface area contributed by atoms with E-state index in [1.807, 2.05) is 26.0 Å². The van der Waals surface area contributed by atoms with Gasteiger partial charge in [0.25, 0.3) is 0 Å². The Morgan fingerprint density at radius 2 is 1.71 bits per heavy atom. The van der Waals surface area contributed by atoms with Crippen LogP contribution in [-0.4, -0.2) is 22.1 Å². The van der Waals surface area contributed by atoms with Crippen molar-refractivity contribution in [1.82, 2.24) is 15.0 Å². The molecule has 0 spiro atoms.